The average Bonchev–Trinajstić information content (AvgIpc) is 3.37. The number of fused-ring (bicyclic) bond motifs is 1. The zero-order chi connectivity index (χ0) is 23.1. The predicted octanol–water partition coefficient (Wildman–Crippen LogP) is 2.79. The van der Waals surface area contributed by atoms with Gasteiger partial charge in [-0.3, -0.25) is 14.3 Å². The molecular formula is C25H32FN5O2. The van der Waals surface area contributed by atoms with Crippen LogP contribution in [0.5, 0.6) is 0 Å². The number of amides is 2. The Morgan fingerprint density at radius 3 is 2.48 bits per heavy atom. The molecule has 7 nitrogen and oxygen atoms in total. The van der Waals surface area contributed by atoms with Gasteiger partial charge in [-0.1, -0.05) is 12.1 Å². The van der Waals surface area contributed by atoms with Crippen LogP contribution in [0.25, 0.3) is 0 Å². The summed E-state index contributed by atoms with van der Waals surface area (Å²) in [5.41, 5.74) is 7.99. The molecule has 0 bridgehead atoms. The highest BCUT2D eigenvalue weighted by Crippen LogP contribution is 2.36. The summed E-state index contributed by atoms with van der Waals surface area (Å²) in [5.74, 6) is 0.0267. The Hall–Kier alpha value is -2.74. The Balaban J connectivity index is 1.19. The predicted molar refractivity (Wildman–Crippen MR) is 122 cm³/mol. The average molecular weight is 454 g/mol. The molecule has 3 heterocycles. The molecule has 5 rings (SSSR count). The summed E-state index contributed by atoms with van der Waals surface area (Å²) < 4.78 is 15.1. The first kappa shape index (κ1) is 22.1. The standard InChI is InChI=1S/C25H32FN5O2/c1-16-22(23(24(27)32)31(28-16)21-8-3-9-21)25(33)30-14-18-12-29(13-19(18)15-30)10-4-6-17-5-2-7-20(26)11-17/h2,5,7,11,18-19,21H,3-4,6,8-10,12-15H2,1H3,(H2,27,32)/t18-,19?/m0/s1. The van der Waals surface area contributed by atoms with E-state index in [1.54, 1.807) is 23.7 Å². The van der Waals surface area contributed by atoms with E-state index in [2.05, 4.69) is 10.00 Å². The third-order valence-electron chi connectivity index (χ3n) is 7.63. The number of aromatic nitrogens is 2. The fourth-order valence-electron chi connectivity index (χ4n) is 5.73. The number of aryl methyl sites for hydroxylation is 2. The largest absolute Gasteiger partial charge is 0.364 e. The Kier molecular flexibility index (Phi) is 5.95. The molecule has 0 spiro atoms. The Morgan fingerprint density at radius 1 is 1.15 bits per heavy atom. The van der Waals surface area contributed by atoms with Gasteiger partial charge < -0.3 is 15.5 Å². The van der Waals surface area contributed by atoms with Crippen LogP contribution in [-0.2, 0) is 6.42 Å². The van der Waals surface area contributed by atoms with Crippen LogP contribution in [0.4, 0.5) is 4.39 Å². The maximum Gasteiger partial charge on any atom is 0.267 e. The molecule has 2 amide bonds. The highest BCUT2D eigenvalue weighted by Gasteiger charge is 2.43. The van der Waals surface area contributed by atoms with Gasteiger partial charge in [0.15, 0.2) is 0 Å². The Labute approximate surface area is 193 Å². The van der Waals surface area contributed by atoms with Gasteiger partial charge in [-0.2, -0.15) is 5.10 Å². The van der Waals surface area contributed by atoms with E-state index in [4.69, 9.17) is 5.73 Å². The number of carbonyl (C=O) groups is 2. The van der Waals surface area contributed by atoms with Gasteiger partial charge in [0.05, 0.1) is 17.3 Å². The number of nitrogens with zero attached hydrogens (tertiary/aromatic N) is 4. The van der Waals surface area contributed by atoms with Crippen LogP contribution >= 0.6 is 0 Å². The normalized spacial score (nSPS) is 23.0. The molecule has 1 saturated carbocycles. The molecule has 8 heteroatoms. The molecular weight excluding hydrogens is 421 g/mol. The SMILES string of the molecule is Cc1nn(C2CCC2)c(C(N)=O)c1C(=O)N1CC2CN(CCCc3cccc(F)c3)C[C@H]2C1. The van der Waals surface area contributed by atoms with Crippen molar-refractivity contribution in [3.63, 3.8) is 0 Å². The van der Waals surface area contributed by atoms with Crippen LogP contribution in [0.15, 0.2) is 24.3 Å². The molecule has 2 saturated heterocycles. The number of rotatable bonds is 7. The number of benzene rings is 1. The number of primary amides is 1. The first-order valence-electron chi connectivity index (χ1n) is 12.1. The van der Waals surface area contributed by atoms with Gasteiger partial charge in [-0.25, -0.2) is 4.39 Å². The van der Waals surface area contributed by atoms with Gasteiger partial charge in [-0.05, 0) is 75.1 Å². The molecule has 2 N–H and O–H groups in total. The number of likely N-dealkylation sites (tertiary alicyclic amines) is 2. The van der Waals surface area contributed by atoms with Crippen LogP contribution in [0, 0.1) is 24.6 Å². The van der Waals surface area contributed by atoms with Gasteiger partial charge in [0.2, 0.25) is 0 Å². The van der Waals surface area contributed by atoms with Crippen LogP contribution in [0.3, 0.4) is 0 Å². The second kappa shape index (κ2) is 8.89. The summed E-state index contributed by atoms with van der Waals surface area (Å²) in [7, 11) is 0. The third-order valence-corrected chi connectivity index (χ3v) is 7.63. The molecule has 2 aromatic rings. The van der Waals surface area contributed by atoms with Crippen molar-refractivity contribution >= 4 is 11.8 Å². The summed E-state index contributed by atoms with van der Waals surface area (Å²) in [5, 5.41) is 4.53. The lowest BCUT2D eigenvalue weighted by molar-refractivity contribution is 0.0766. The molecule has 1 aromatic carbocycles. The number of hydrogen-bond donors (Lipinski definition) is 1. The van der Waals surface area contributed by atoms with Gasteiger partial charge in [0, 0.05) is 26.2 Å². The van der Waals surface area contributed by atoms with E-state index in [-0.39, 0.29) is 23.5 Å². The smallest absolute Gasteiger partial charge is 0.267 e. The van der Waals surface area contributed by atoms with Crippen LogP contribution in [0.1, 0.15) is 63.8 Å². The van der Waals surface area contributed by atoms with Crippen molar-refractivity contribution < 1.29 is 14.0 Å². The van der Waals surface area contributed by atoms with Crippen molar-refractivity contribution in [3.8, 4) is 0 Å². The highest BCUT2D eigenvalue weighted by atomic mass is 19.1. The Morgan fingerprint density at radius 2 is 1.88 bits per heavy atom. The lowest BCUT2D eigenvalue weighted by Gasteiger charge is -2.27. The molecule has 1 aliphatic carbocycles. The van der Waals surface area contributed by atoms with E-state index in [0.717, 1.165) is 57.3 Å². The van der Waals surface area contributed by atoms with Crippen molar-refractivity contribution in [2.75, 3.05) is 32.7 Å². The van der Waals surface area contributed by atoms with Crippen molar-refractivity contribution in [2.45, 2.75) is 45.1 Å². The summed E-state index contributed by atoms with van der Waals surface area (Å²) in [6.45, 7) is 6.14. The summed E-state index contributed by atoms with van der Waals surface area (Å²) >= 11 is 0. The molecule has 33 heavy (non-hydrogen) atoms. The first-order chi connectivity index (χ1) is 15.9. The second-order valence-electron chi connectivity index (χ2n) is 9.93. The summed E-state index contributed by atoms with van der Waals surface area (Å²) in [4.78, 5) is 30.0. The minimum atomic E-state index is -0.574. The first-order valence-corrected chi connectivity index (χ1v) is 12.1. The van der Waals surface area contributed by atoms with Gasteiger partial charge in [-0.15, -0.1) is 0 Å². The van der Waals surface area contributed by atoms with Crippen molar-refractivity contribution in [2.24, 2.45) is 17.6 Å². The van der Waals surface area contributed by atoms with E-state index in [0.29, 0.717) is 36.2 Å². The topological polar surface area (TPSA) is 84.5 Å². The van der Waals surface area contributed by atoms with Crippen LogP contribution in [-0.4, -0.2) is 64.1 Å². The molecule has 3 fully saturated rings. The number of halogens is 1. The van der Waals surface area contributed by atoms with Crippen molar-refractivity contribution in [1.29, 1.82) is 0 Å². The van der Waals surface area contributed by atoms with Gasteiger partial charge in [0.1, 0.15) is 11.5 Å². The van der Waals surface area contributed by atoms with Gasteiger partial charge >= 0.3 is 0 Å². The third kappa shape index (κ3) is 4.28. The molecule has 2 aliphatic heterocycles. The molecule has 176 valence electrons. The van der Waals surface area contributed by atoms with Crippen LogP contribution in [0.2, 0.25) is 0 Å². The van der Waals surface area contributed by atoms with Gasteiger partial charge in [0.25, 0.3) is 11.8 Å². The maximum absolute atomic E-state index is 13.4. The van der Waals surface area contributed by atoms with E-state index in [1.807, 2.05) is 11.0 Å². The minimum Gasteiger partial charge on any atom is -0.364 e. The fourth-order valence-corrected chi connectivity index (χ4v) is 5.73. The Bertz CT molecular complexity index is 1050. The monoisotopic (exact) mass is 453 g/mol. The second-order valence-corrected chi connectivity index (χ2v) is 9.93. The number of nitrogens with two attached hydrogens (primary N) is 1. The lowest BCUT2D eigenvalue weighted by atomic mass is 9.93. The van der Waals surface area contributed by atoms with E-state index in [1.165, 1.54) is 6.07 Å². The quantitative estimate of drug-likeness (QED) is 0.699. The van der Waals surface area contributed by atoms with E-state index in [9.17, 15) is 14.0 Å². The number of carbonyl (C=O) groups excluding carboxylic acids is 2. The molecule has 0 radical (unpaired) electrons. The number of hydrogen-bond acceptors (Lipinski definition) is 4. The maximum atomic E-state index is 13.4. The molecule has 3 aliphatic rings. The van der Waals surface area contributed by atoms with Crippen LogP contribution < -0.4 is 5.73 Å². The molecule has 2 atom stereocenters. The summed E-state index contributed by atoms with van der Waals surface area (Å²) in [6.07, 6.45) is 4.91. The molecule has 1 aromatic heterocycles. The zero-order valence-corrected chi connectivity index (χ0v) is 19.2. The zero-order valence-electron chi connectivity index (χ0n) is 19.2. The van der Waals surface area contributed by atoms with Crippen molar-refractivity contribution in [1.82, 2.24) is 19.6 Å². The lowest BCUT2D eigenvalue weighted by Crippen LogP contribution is -2.35. The van der Waals surface area contributed by atoms with E-state index < -0.39 is 5.91 Å². The minimum absolute atomic E-state index is 0.112. The fraction of sp³-hybridized carbons (Fsp3) is 0.560. The van der Waals surface area contributed by atoms with E-state index >= 15 is 0 Å². The van der Waals surface area contributed by atoms with Crippen molar-refractivity contribution in [3.05, 3.63) is 52.6 Å². The molecule has 1 unspecified atom stereocenters. The highest BCUT2D eigenvalue weighted by molar-refractivity contribution is 6.06. The summed E-state index contributed by atoms with van der Waals surface area (Å²) in [6, 6.07) is 6.99.